The molecule has 0 saturated carbocycles. The summed E-state index contributed by atoms with van der Waals surface area (Å²) in [6, 6.07) is 15.3. The van der Waals surface area contributed by atoms with Crippen molar-refractivity contribution in [2.45, 2.75) is 13.2 Å². The fraction of sp³-hybridized carbons (Fsp3) is 0.136. The van der Waals surface area contributed by atoms with Crippen molar-refractivity contribution in [3.05, 3.63) is 86.4 Å². The van der Waals surface area contributed by atoms with Crippen LogP contribution in [0.3, 0.4) is 0 Å². The molecule has 5 nitrogen and oxygen atoms in total. The highest BCUT2D eigenvalue weighted by Gasteiger charge is 2.13. The normalized spacial score (nSPS) is 10.5. The molecule has 3 aromatic carbocycles. The van der Waals surface area contributed by atoms with Gasteiger partial charge in [-0.1, -0.05) is 53.0 Å². The SMILES string of the molecule is COc1cccc(CNc2cc(C(=O)O)ccc2Cl)c1OCc1ccc(Cl)c(Cl)c1. The zero-order chi connectivity index (χ0) is 21.7. The van der Waals surface area contributed by atoms with Crippen molar-refractivity contribution in [3.63, 3.8) is 0 Å². The zero-order valence-electron chi connectivity index (χ0n) is 15.9. The van der Waals surface area contributed by atoms with Crippen molar-refractivity contribution in [1.82, 2.24) is 0 Å². The van der Waals surface area contributed by atoms with Crippen LogP contribution in [0.1, 0.15) is 21.5 Å². The molecule has 3 rings (SSSR count). The second-order valence-corrected chi connectivity index (χ2v) is 7.56. The average molecular weight is 467 g/mol. The van der Waals surface area contributed by atoms with Gasteiger partial charge in [-0.15, -0.1) is 0 Å². The topological polar surface area (TPSA) is 67.8 Å². The molecule has 0 radical (unpaired) electrons. The molecule has 0 fully saturated rings. The number of carboxylic acids is 1. The maximum atomic E-state index is 11.2. The van der Waals surface area contributed by atoms with Crippen molar-refractivity contribution in [3.8, 4) is 11.5 Å². The Morgan fingerprint density at radius 2 is 1.77 bits per heavy atom. The largest absolute Gasteiger partial charge is 0.493 e. The third-order valence-corrected chi connectivity index (χ3v) is 5.40. The van der Waals surface area contributed by atoms with E-state index in [9.17, 15) is 9.90 Å². The van der Waals surface area contributed by atoms with Crippen LogP contribution in [0.25, 0.3) is 0 Å². The lowest BCUT2D eigenvalue weighted by Crippen LogP contribution is -2.06. The van der Waals surface area contributed by atoms with E-state index < -0.39 is 5.97 Å². The van der Waals surface area contributed by atoms with Gasteiger partial charge in [0.15, 0.2) is 11.5 Å². The highest BCUT2D eigenvalue weighted by Crippen LogP contribution is 2.33. The van der Waals surface area contributed by atoms with E-state index in [1.165, 1.54) is 12.1 Å². The Morgan fingerprint density at radius 1 is 1.00 bits per heavy atom. The highest BCUT2D eigenvalue weighted by molar-refractivity contribution is 6.42. The third kappa shape index (κ3) is 5.30. The van der Waals surface area contributed by atoms with Gasteiger partial charge in [0.25, 0.3) is 0 Å². The number of para-hydroxylation sites is 1. The molecule has 0 aliphatic heterocycles. The van der Waals surface area contributed by atoms with E-state index in [1.54, 1.807) is 31.4 Å². The van der Waals surface area contributed by atoms with Crippen molar-refractivity contribution in [2.75, 3.05) is 12.4 Å². The number of carbonyl (C=O) groups is 1. The Bertz CT molecular complexity index is 1070. The lowest BCUT2D eigenvalue weighted by atomic mass is 10.1. The molecular weight excluding hydrogens is 449 g/mol. The number of benzene rings is 3. The minimum absolute atomic E-state index is 0.142. The first kappa shape index (κ1) is 22.1. The molecule has 0 aromatic heterocycles. The van der Waals surface area contributed by atoms with E-state index in [2.05, 4.69) is 5.32 Å². The zero-order valence-corrected chi connectivity index (χ0v) is 18.2. The summed E-state index contributed by atoms with van der Waals surface area (Å²) in [4.78, 5) is 11.2. The van der Waals surface area contributed by atoms with E-state index in [1.807, 2.05) is 18.2 Å². The van der Waals surface area contributed by atoms with Gasteiger partial charge in [-0.25, -0.2) is 4.79 Å². The lowest BCUT2D eigenvalue weighted by molar-refractivity contribution is 0.0697. The number of carboxylic acid groups (broad SMARTS) is 1. The second-order valence-electron chi connectivity index (χ2n) is 6.34. The maximum Gasteiger partial charge on any atom is 0.335 e. The number of hydrogen-bond donors (Lipinski definition) is 2. The van der Waals surface area contributed by atoms with E-state index in [0.717, 1.165) is 11.1 Å². The predicted octanol–water partition coefficient (Wildman–Crippen LogP) is 6.54. The summed E-state index contributed by atoms with van der Waals surface area (Å²) in [6.07, 6.45) is 0. The van der Waals surface area contributed by atoms with Gasteiger partial charge in [-0.3, -0.25) is 0 Å². The molecule has 30 heavy (non-hydrogen) atoms. The summed E-state index contributed by atoms with van der Waals surface area (Å²) in [7, 11) is 1.56. The highest BCUT2D eigenvalue weighted by atomic mass is 35.5. The number of anilines is 1. The van der Waals surface area contributed by atoms with Crippen LogP contribution in [0.5, 0.6) is 11.5 Å². The number of hydrogen-bond acceptors (Lipinski definition) is 4. The second kappa shape index (κ2) is 9.94. The van der Waals surface area contributed by atoms with Crippen molar-refractivity contribution >= 4 is 46.5 Å². The standard InChI is InChI=1S/C22H18Cl3NO4/c1-29-20-4-2-3-15(11-26-19-10-14(22(27)28)6-8-17(19)24)21(20)30-12-13-5-7-16(23)18(25)9-13/h2-10,26H,11-12H2,1H3,(H,27,28). The molecule has 0 amide bonds. The summed E-state index contributed by atoms with van der Waals surface area (Å²) < 4.78 is 11.5. The van der Waals surface area contributed by atoms with Gasteiger partial charge in [-0.05, 0) is 42.0 Å². The van der Waals surface area contributed by atoms with Gasteiger partial charge < -0.3 is 19.9 Å². The van der Waals surface area contributed by atoms with E-state index in [4.69, 9.17) is 44.3 Å². The number of methoxy groups -OCH3 is 1. The molecule has 2 N–H and O–H groups in total. The Balaban J connectivity index is 1.81. The molecule has 0 unspecified atom stereocenters. The summed E-state index contributed by atoms with van der Waals surface area (Å²) in [6.45, 7) is 0.607. The van der Waals surface area contributed by atoms with Crippen LogP contribution < -0.4 is 14.8 Å². The van der Waals surface area contributed by atoms with Gasteiger partial charge in [0.05, 0.1) is 33.4 Å². The first-order valence-corrected chi connectivity index (χ1v) is 10.0. The fourth-order valence-electron chi connectivity index (χ4n) is 2.79. The Hall–Kier alpha value is -2.60. The minimum atomic E-state index is -1.03. The minimum Gasteiger partial charge on any atom is -0.493 e. The molecule has 156 valence electrons. The van der Waals surface area contributed by atoms with Gasteiger partial charge >= 0.3 is 5.97 Å². The number of nitrogens with one attached hydrogen (secondary N) is 1. The Morgan fingerprint density at radius 3 is 2.47 bits per heavy atom. The molecule has 3 aromatic rings. The van der Waals surface area contributed by atoms with Crippen LogP contribution in [-0.2, 0) is 13.2 Å². The van der Waals surface area contributed by atoms with Crippen LogP contribution in [-0.4, -0.2) is 18.2 Å². The number of rotatable bonds is 8. The molecule has 0 atom stereocenters. The molecule has 0 spiro atoms. The van der Waals surface area contributed by atoms with Gasteiger partial charge in [0.1, 0.15) is 6.61 Å². The first-order valence-electron chi connectivity index (χ1n) is 8.88. The quantitative estimate of drug-likeness (QED) is 0.394. The fourth-order valence-corrected chi connectivity index (χ4v) is 3.30. The lowest BCUT2D eigenvalue weighted by Gasteiger charge is -2.17. The number of aromatic carboxylic acids is 1. The van der Waals surface area contributed by atoms with Crippen LogP contribution in [0, 0.1) is 0 Å². The monoisotopic (exact) mass is 465 g/mol. The smallest absolute Gasteiger partial charge is 0.335 e. The summed E-state index contributed by atoms with van der Waals surface area (Å²) in [5.74, 6) is 0.102. The third-order valence-electron chi connectivity index (χ3n) is 4.33. The average Bonchev–Trinajstić information content (AvgIpc) is 2.73. The van der Waals surface area contributed by atoms with Gasteiger partial charge in [-0.2, -0.15) is 0 Å². The van der Waals surface area contributed by atoms with Crippen LogP contribution in [0.15, 0.2) is 54.6 Å². The van der Waals surface area contributed by atoms with Crippen LogP contribution in [0.4, 0.5) is 5.69 Å². The predicted molar refractivity (Wildman–Crippen MR) is 120 cm³/mol. The molecule has 0 saturated heterocycles. The van der Waals surface area contributed by atoms with E-state index in [-0.39, 0.29) is 12.2 Å². The maximum absolute atomic E-state index is 11.2. The number of halogens is 3. The Labute approximate surface area is 189 Å². The van der Waals surface area contributed by atoms with Gasteiger partial charge in [0, 0.05) is 12.1 Å². The summed E-state index contributed by atoms with van der Waals surface area (Å²) >= 11 is 18.2. The van der Waals surface area contributed by atoms with E-state index in [0.29, 0.717) is 38.8 Å². The first-order chi connectivity index (χ1) is 14.4. The molecule has 0 heterocycles. The molecular formula is C22H18Cl3NO4. The number of ether oxygens (including phenoxy) is 2. The Kier molecular flexibility index (Phi) is 7.32. The van der Waals surface area contributed by atoms with Gasteiger partial charge in [0.2, 0.25) is 0 Å². The summed E-state index contributed by atoms with van der Waals surface area (Å²) in [5.41, 5.74) is 2.32. The summed E-state index contributed by atoms with van der Waals surface area (Å²) in [5, 5.41) is 13.7. The van der Waals surface area contributed by atoms with Crippen LogP contribution in [0.2, 0.25) is 15.1 Å². The molecule has 8 heteroatoms. The molecule has 0 bridgehead atoms. The van der Waals surface area contributed by atoms with E-state index >= 15 is 0 Å². The molecule has 0 aliphatic rings. The molecule has 0 aliphatic carbocycles. The van der Waals surface area contributed by atoms with Crippen LogP contribution >= 0.6 is 34.8 Å². The van der Waals surface area contributed by atoms with Crippen molar-refractivity contribution < 1.29 is 19.4 Å². The van der Waals surface area contributed by atoms with Crippen molar-refractivity contribution in [2.24, 2.45) is 0 Å². The van der Waals surface area contributed by atoms with Crippen molar-refractivity contribution in [1.29, 1.82) is 0 Å².